The monoisotopic (exact) mass is 347 g/mol. The topological polar surface area (TPSA) is 90.4 Å². The standard InChI is InChI=1S/C18H29N5O2/c1-12(2)20-18(25)22-16-5-3-4-15-14(16)10-19-17(21-15)23-8-6-13(11-24)7-9-23/h10,12-13,16,24H,3-9,11H2,1-2H3,(H2,20,22,25). The van der Waals surface area contributed by atoms with E-state index in [-0.39, 0.29) is 24.7 Å². The summed E-state index contributed by atoms with van der Waals surface area (Å²) in [6.07, 6.45) is 6.72. The summed E-state index contributed by atoms with van der Waals surface area (Å²) in [5.74, 6) is 1.18. The highest BCUT2D eigenvalue weighted by molar-refractivity contribution is 5.74. The van der Waals surface area contributed by atoms with E-state index in [9.17, 15) is 9.90 Å². The van der Waals surface area contributed by atoms with Crippen molar-refractivity contribution in [1.82, 2.24) is 20.6 Å². The zero-order chi connectivity index (χ0) is 17.8. The number of nitrogens with one attached hydrogen (secondary N) is 2. The number of anilines is 1. The molecule has 25 heavy (non-hydrogen) atoms. The van der Waals surface area contributed by atoms with Crippen LogP contribution < -0.4 is 15.5 Å². The number of aromatic nitrogens is 2. The first-order valence-electron chi connectivity index (χ1n) is 9.35. The third kappa shape index (κ3) is 4.39. The van der Waals surface area contributed by atoms with Gasteiger partial charge in [-0.3, -0.25) is 0 Å². The molecule has 3 N–H and O–H groups in total. The molecule has 1 atom stereocenters. The Bertz CT molecular complexity index is 599. The van der Waals surface area contributed by atoms with Crippen molar-refractivity contribution >= 4 is 12.0 Å². The van der Waals surface area contributed by atoms with Crippen LogP contribution in [0.15, 0.2) is 6.20 Å². The lowest BCUT2D eigenvalue weighted by molar-refractivity contribution is 0.202. The van der Waals surface area contributed by atoms with Crippen molar-refractivity contribution in [1.29, 1.82) is 0 Å². The molecule has 0 bridgehead atoms. The van der Waals surface area contributed by atoms with Crippen molar-refractivity contribution in [2.75, 3.05) is 24.6 Å². The maximum Gasteiger partial charge on any atom is 0.315 e. The van der Waals surface area contributed by atoms with Gasteiger partial charge in [-0.2, -0.15) is 0 Å². The molecule has 1 fully saturated rings. The first-order valence-corrected chi connectivity index (χ1v) is 9.35. The fourth-order valence-corrected chi connectivity index (χ4v) is 3.62. The maximum atomic E-state index is 12.0. The van der Waals surface area contributed by atoms with Crippen LogP contribution >= 0.6 is 0 Å². The molecule has 1 aromatic heterocycles. The van der Waals surface area contributed by atoms with Crippen LogP contribution in [-0.2, 0) is 6.42 Å². The third-order valence-electron chi connectivity index (χ3n) is 5.05. The lowest BCUT2D eigenvalue weighted by Gasteiger charge is -2.32. The number of carbonyl (C=O) groups excluding carboxylic acids is 1. The fraction of sp³-hybridized carbons (Fsp3) is 0.722. The minimum absolute atomic E-state index is 0.0170. The summed E-state index contributed by atoms with van der Waals surface area (Å²) in [7, 11) is 0. The molecule has 1 unspecified atom stereocenters. The number of carbonyl (C=O) groups is 1. The molecule has 3 rings (SSSR count). The number of hydrogen-bond donors (Lipinski definition) is 3. The Balaban J connectivity index is 1.69. The van der Waals surface area contributed by atoms with Gasteiger partial charge >= 0.3 is 6.03 Å². The number of amides is 2. The summed E-state index contributed by atoms with van der Waals surface area (Å²) in [4.78, 5) is 23.6. The predicted octanol–water partition coefficient (Wildman–Crippen LogP) is 1.77. The Morgan fingerprint density at radius 1 is 1.36 bits per heavy atom. The number of fused-ring (bicyclic) bond motifs is 1. The molecule has 0 spiro atoms. The van der Waals surface area contributed by atoms with E-state index in [0.717, 1.165) is 62.4 Å². The zero-order valence-corrected chi connectivity index (χ0v) is 15.2. The first kappa shape index (κ1) is 17.9. The second-order valence-corrected chi connectivity index (χ2v) is 7.40. The summed E-state index contributed by atoms with van der Waals surface area (Å²) >= 11 is 0. The summed E-state index contributed by atoms with van der Waals surface area (Å²) in [5, 5.41) is 15.2. The van der Waals surface area contributed by atoms with Crippen molar-refractivity contribution in [2.45, 2.75) is 58.0 Å². The SMILES string of the molecule is CC(C)NC(=O)NC1CCCc2nc(N3CCC(CO)CC3)ncc21. The number of nitrogens with zero attached hydrogens (tertiary/aromatic N) is 3. The largest absolute Gasteiger partial charge is 0.396 e. The number of rotatable bonds is 4. The van der Waals surface area contributed by atoms with E-state index < -0.39 is 0 Å². The van der Waals surface area contributed by atoms with Crippen LogP contribution in [0.4, 0.5) is 10.7 Å². The molecule has 7 nitrogen and oxygen atoms in total. The molecule has 1 aromatic rings. The van der Waals surface area contributed by atoms with E-state index in [4.69, 9.17) is 4.98 Å². The predicted molar refractivity (Wildman–Crippen MR) is 96.5 cm³/mol. The molecule has 2 amide bonds. The molecular formula is C18H29N5O2. The molecular weight excluding hydrogens is 318 g/mol. The number of urea groups is 1. The molecule has 1 aliphatic heterocycles. The van der Waals surface area contributed by atoms with Gasteiger partial charge in [0.25, 0.3) is 0 Å². The van der Waals surface area contributed by atoms with Gasteiger partial charge in [0, 0.05) is 37.5 Å². The van der Waals surface area contributed by atoms with Gasteiger partial charge in [0.15, 0.2) is 0 Å². The normalized spacial score (nSPS) is 21.1. The Labute approximate surface area is 149 Å². The molecule has 0 aromatic carbocycles. The number of aryl methyl sites for hydroxylation is 1. The lowest BCUT2D eigenvalue weighted by atomic mass is 9.92. The average Bonchev–Trinajstić information content (AvgIpc) is 2.61. The summed E-state index contributed by atoms with van der Waals surface area (Å²) in [6, 6.07) is -0.0387. The van der Waals surface area contributed by atoms with Crippen LogP contribution in [0.2, 0.25) is 0 Å². The molecule has 0 radical (unpaired) electrons. The van der Waals surface area contributed by atoms with Gasteiger partial charge in [0.2, 0.25) is 5.95 Å². The van der Waals surface area contributed by atoms with E-state index >= 15 is 0 Å². The molecule has 1 aliphatic carbocycles. The van der Waals surface area contributed by atoms with E-state index in [1.165, 1.54) is 0 Å². The van der Waals surface area contributed by atoms with E-state index in [1.807, 2.05) is 20.0 Å². The summed E-state index contributed by atoms with van der Waals surface area (Å²) in [5.41, 5.74) is 2.09. The Morgan fingerprint density at radius 3 is 2.80 bits per heavy atom. The second-order valence-electron chi connectivity index (χ2n) is 7.40. The van der Waals surface area contributed by atoms with Crippen LogP contribution in [0.3, 0.4) is 0 Å². The van der Waals surface area contributed by atoms with Gasteiger partial charge in [-0.1, -0.05) is 0 Å². The zero-order valence-electron chi connectivity index (χ0n) is 15.2. The third-order valence-corrected chi connectivity index (χ3v) is 5.05. The Morgan fingerprint density at radius 2 is 2.12 bits per heavy atom. The maximum absolute atomic E-state index is 12.0. The number of aliphatic hydroxyl groups is 1. The van der Waals surface area contributed by atoms with Gasteiger partial charge in [0.05, 0.1) is 11.7 Å². The summed E-state index contributed by atoms with van der Waals surface area (Å²) in [6.45, 7) is 5.95. The van der Waals surface area contributed by atoms with Gasteiger partial charge in [-0.05, 0) is 51.9 Å². The molecule has 1 saturated heterocycles. The van der Waals surface area contributed by atoms with Crippen molar-refractivity contribution in [3.8, 4) is 0 Å². The minimum atomic E-state index is -0.136. The van der Waals surface area contributed by atoms with E-state index in [1.54, 1.807) is 0 Å². The van der Waals surface area contributed by atoms with Crippen molar-refractivity contribution in [3.05, 3.63) is 17.5 Å². The van der Waals surface area contributed by atoms with Gasteiger partial charge in [0.1, 0.15) is 0 Å². The quantitative estimate of drug-likeness (QED) is 0.772. The van der Waals surface area contributed by atoms with Crippen LogP contribution in [0.25, 0.3) is 0 Å². The minimum Gasteiger partial charge on any atom is -0.396 e. The highest BCUT2D eigenvalue weighted by Crippen LogP contribution is 2.30. The van der Waals surface area contributed by atoms with Crippen molar-refractivity contribution in [2.24, 2.45) is 5.92 Å². The molecule has 2 aliphatic rings. The van der Waals surface area contributed by atoms with E-state index in [0.29, 0.717) is 5.92 Å². The summed E-state index contributed by atoms with van der Waals surface area (Å²) < 4.78 is 0. The van der Waals surface area contributed by atoms with Crippen molar-refractivity contribution in [3.63, 3.8) is 0 Å². The Kier molecular flexibility index (Phi) is 5.73. The van der Waals surface area contributed by atoms with E-state index in [2.05, 4.69) is 20.5 Å². The van der Waals surface area contributed by atoms with Crippen molar-refractivity contribution < 1.29 is 9.90 Å². The van der Waals surface area contributed by atoms with Crippen LogP contribution in [0.5, 0.6) is 0 Å². The number of aliphatic hydroxyl groups excluding tert-OH is 1. The van der Waals surface area contributed by atoms with Crippen LogP contribution in [0.1, 0.15) is 56.8 Å². The highest BCUT2D eigenvalue weighted by Gasteiger charge is 2.26. The molecule has 7 heteroatoms. The fourth-order valence-electron chi connectivity index (χ4n) is 3.62. The average molecular weight is 347 g/mol. The van der Waals surface area contributed by atoms with Gasteiger partial charge < -0.3 is 20.6 Å². The van der Waals surface area contributed by atoms with Gasteiger partial charge in [-0.15, -0.1) is 0 Å². The second kappa shape index (κ2) is 7.99. The molecule has 138 valence electrons. The lowest BCUT2D eigenvalue weighted by Crippen LogP contribution is -2.42. The first-order chi connectivity index (χ1) is 12.1. The van der Waals surface area contributed by atoms with Gasteiger partial charge in [-0.25, -0.2) is 14.8 Å². The smallest absolute Gasteiger partial charge is 0.315 e. The highest BCUT2D eigenvalue weighted by atomic mass is 16.3. The number of hydrogen-bond acceptors (Lipinski definition) is 5. The van der Waals surface area contributed by atoms with Crippen LogP contribution in [-0.4, -0.2) is 46.8 Å². The number of piperidine rings is 1. The van der Waals surface area contributed by atoms with Crippen LogP contribution in [0, 0.1) is 5.92 Å². The molecule has 0 saturated carbocycles. The molecule has 2 heterocycles. The Hall–Kier alpha value is -1.89.